The number of allylic oxidation sites excluding steroid dienone is 1. The molecule has 1 saturated carbocycles. The predicted molar refractivity (Wildman–Crippen MR) is 97.6 cm³/mol. The van der Waals surface area contributed by atoms with Gasteiger partial charge in [0.15, 0.2) is 0 Å². The monoisotopic (exact) mass is 338 g/mol. The van der Waals surface area contributed by atoms with Gasteiger partial charge in [0.25, 0.3) is 0 Å². The summed E-state index contributed by atoms with van der Waals surface area (Å²) in [5.41, 5.74) is 1.13. The van der Waals surface area contributed by atoms with Crippen molar-refractivity contribution in [1.29, 1.82) is 0 Å². The quantitative estimate of drug-likeness (QED) is 0.602. The minimum absolute atomic E-state index is 0.0553. The second kappa shape index (κ2) is 9.48. The van der Waals surface area contributed by atoms with Crippen molar-refractivity contribution >= 4 is 22.7 Å². The van der Waals surface area contributed by atoms with Crippen LogP contribution in [-0.2, 0) is 9.53 Å². The van der Waals surface area contributed by atoms with E-state index in [1.807, 2.05) is 20.9 Å². The first-order valence-electron chi connectivity index (χ1n) is 8.83. The second-order valence-electron chi connectivity index (χ2n) is 6.72. The lowest BCUT2D eigenvalue weighted by Gasteiger charge is -2.24. The average Bonchev–Trinajstić information content (AvgIpc) is 3.04. The van der Waals surface area contributed by atoms with Gasteiger partial charge in [0.2, 0.25) is 5.91 Å². The fraction of sp³-hybridized carbons (Fsp3) is 0.778. The zero-order chi connectivity index (χ0) is 16.7. The topological polar surface area (TPSA) is 50.7 Å². The Labute approximate surface area is 144 Å². The second-order valence-corrected chi connectivity index (χ2v) is 7.75. The average molecular weight is 339 g/mol. The van der Waals surface area contributed by atoms with Crippen LogP contribution in [0.1, 0.15) is 65.2 Å². The Morgan fingerprint density at radius 1 is 1.17 bits per heavy atom. The van der Waals surface area contributed by atoms with E-state index in [1.165, 1.54) is 37.1 Å². The van der Waals surface area contributed by atoms with Crippen LogP contribution in [0.3, 0.4) is 0 Å². The molecule has 1 heterocycles. The Kier molecular flexibility index (Phi) is 7.63. The highest BCUT2D eigenvalue weighted by atomic mass is 32.2. The maximum atomic E-state index is 12.3. The summed E-state index contributed by atoms with van der Waals surface area (Å²) in [5, 5.41) is 5.20. The highest BCUT2D eigenvalue weighted by molar-refractivity contribution is 8.17. The number of hydrogen-bond donors (Lipinski definition) is 1. The smallest absolute Gasteiger partial charge is 0.227 e. The maximum Gasteiger partial charge on any atom is 0.227 e. The van der Waals surface area contributed by atoms with Gasteiger partial charge < -0.3 is 10.1 Å². The molecule has 1 amide bonds. The van der Waals surface area contributed by atoms with Crippen molar-refractivity contribution in [3.8, 4) is 0 Å². The largest absolute Gasteiger partial charge is 0.378 e. The first-order chi connectivity index (χ1) is 11.1. The molecule has 1 aliphatic heterocycles. The van der Waals surface area contributed by atoms with Crippen LogP contribution in [0.15, 0.2) is 15.6 Å². The van der Waals surface area contributed by atoms with Crippen molar-refractivity contribution in [3.05, 3.63) is 10.6 Å². The molecule has 2 rings (SSSR count). The molecule has 1 unspecified atom stereocenters. The van der Waals surface area contributed by atoms with Crippen LogP contribution in [0.2, 0.25) is 0 Å². The molecule has 0 radical (unpaired) electrons. The third-order valence-corrected chi connectivity index (χ3v) is 5.97. The van der Waals surface area contributed by atoms with E-state index in [2.05, 4.69) is 10.3 Å². The molecule has 0 aromatic carbocycles. The van der Waals surface area contributed by atoms with Crippen LogP contribution < -0.4 is 5.32 Å². The van der Waals surface area contributed by atoms with Gasteiger partial charge in [0.1, 0.15) is 0 Å². The van der Waals surface area contributed by atoms with E-state index in [0.717, 1.165) is 30.1 Å². The molecule has 0 aromatic heterocycles. The van der Waals surface area contributed by atoms with Crippen molar-refractivity contribution in [2.24, 2.45) is 10.9 Å². The van der Waals surface area contributed by atoms with Gasteiger partial charge in [-0.1, -0.05) is 31.0 Å². The van der Waals surface area contributed by atoms with E-state index in [-0.39, 0.29) is 12.0 Å². The zero-order valence-electron chi connectivity index (χ0n) is 14.7. The van der Waals surface area contributed by atoms with Gasteiger partial charge in [-0.05, 0) is 45.1 Å². The lowest BCUT2D eigenvalue weighted by molar-refractivity contribution is -0.122. The number of thioether (sulfide) groups is 1. The first-order valence-corrected chi connectivity index (χ1v) is 9.65. The van der Waals surface area contributed by atoms with E-state index in [4.69, 9.17) is 4.74 Å². The summed E-state index contributed by atoms with van der Waals surface area (Å²) >= 11 is 1.65. The Morgan fingerprint density at radius 2 is 1.91 bits per heavy atom. The zero-order valence-corrected chi connectivity index (χ0v) is 15.5. The van der Waals surface area contributed by atoms with Gasteiger partial charge in [-0.15, -0.1) is 0 Å². The molecule has 1 N–H and O–H groups in total. The molecule has 0 spiro atoms. The molecular weight excluding hydrogens is 308 g/mol. The molecule has 1 aliphatic carbocycles. The number of rotatable bonds is 5. The molecular formula is C18H30N2O2S. The number of aliphatic imine (C=N–C) groups is 1. The van der Waals surface area contributed by atoms with Gasteiger partial charge in [-0.3, -0.25) is 9.79 Å². The van der Waals surface area contributed by atoms with Crippen LogP contribution in [0.25, 0.3) is 0 Å². The highest BCUT2D eigenvalue weighted by Gasteiger charge is 2.23. The fourth-order valence-corrected chi connectivity index (χ4v) is 4.28. The number of nitrogens with zero attached hydrogens (tertiary/aromatic N) is 1. The fourth-order valence-electron chi connectivity index (χ4n) is 3.21. The van der Waals surface area contributed by atoms with E-state index in [1.54, 1.807) is 11.8 Å². The first kappa shape index (κ1) is 18.5. The summed E-state index contributed by atoms with van der Waals surface area (Å²) < 4.78 is 5.56. The number of amides is 1. The molecule has 2 fully saturated rings. The normalized spacial score (nSPS) is 22.9. The van der Waals surface area contributed by atoms with Crippen molar-refractivity contribution in [2.75, 3.05) is 13.7 Å². The number of carbonyl (C=O) groups excluding carboxylic acids is 1. The number of carbonyl (C=O) groups is 1. The number of ether oxygens (including phenoxy) is 1. The van der Waals surface area contributed by atoms with Gasteiger partial charge in [0.05, 0.1) is 22.6 Å². The van der Waals surface area contributed by atoms with Crippen molar-refractivity contribution < 1.29 is 9.53 Å². The van der Waals surface area contributed by atoms with E-state index < -0.39 is 0 Å². The lowest BCUT2D eigenvalue weighted by atomic mass is 9.90. The summed E-state index contributed by atoms with van der Waals surface area (Å²) in [6.07, 6.45) is 8.98. The summed E-state index contributed by atoms with van der Waals surface area (Å²) in [5.74, 6) is 0.614. The van der Waals surface area contributed by atoms with Crippen LogP contribution in [-0.4, -0.2) is 30.7 Å². The van der Waals surface area contributed by atoms with E-state index in [0.29, 0.717) is 12.3 Å². The number of hydrogen-bond acceptors (Lipinski definition) is 4. The van der Waals surface area contributed by atoms with Crippen molar-refractivity contribution in [1.82, 2.24) is 5.32 Å². The molecule has 1 saturated heterocycles. The van der Waals surface area contributed by atoms with Gasteiger partial charge in [-0.2, -0.15) is 0 Å². The Morgan fingerprint density at radius 3 is 2.48 bits per heavy atom. The molecule has 2 aliphatic rings. The maximum absolute atomic E-state index is 12.3. The summed E-state index contributed by atoms with van der Waals surface area (Å²) in [4.78, 5) is 16.8. The molecule has 130 valence electrons. The molecule has 23 heavy (non-hydrogen) atoms. The molecule has 0 aromatic rings. The minimum Gasteiger partial charge on any atom is -0.378 e. The van der Waals surface area contributed by atoms with Crippen LogP contribution in [0.5, 0.6) is 0 Å². The van der Waals surface area contributed by atoms with Crippen molar-refractivity contribution in [3.63, 3.8) is 0 Å². The summed E-state index contributed by atoms with van der Waals surface area (Å²) in [6, 6.07) is 0. The van der Waals surface area contributed by atoms with Crippen molar-refractivity contribution in [2.45, 2.75) is 71.3 Å². The molecule has 4 nitrogen and oxygen atoms in total. The minimum atomic E-state index is 0.0553. The number of nitrogens with one attached hydrogen (secondary N) is 1. The van der Waals surface area contributed by atoms with Gasteiger partial charge >= 0.3 is 0 Å². The Balaban J connectivity index is 1.92. The highest BCUT2D eigenvalue weighted by Crippen LogP contribution is 2.32. The standard InChI is InChI=1S/C18H30N2O2S/c1-13(2)17(20-16(21)12-15-10-7-11-22-15)23-18(19-3)14-8-5-4-6-9-14/h14-15H,4-12H2,1-3H3,(H,20,21). The SMILES string of the molecule is CN=C(SC(NC(=O)CC1CCCO1)=C(C)C)C1CCCCC1. The van der Waals surface area contributed by atoms with Gasteiger partial charge in [-0.25, -0.2) is 0 Å². The molecule has 0 bridgehead atoms. The Hall–Kier alpha value is -0.810. The van der Waals surface area contributed by atoms with Crippen LogP contribution in [0.4, 0.5) is 0 Å². The Bertz CT molecular complexity index is 458. The molecule has 1 atom stereocenters. The lowest BCUT2D eigenvalue weighted by Crippen LogP contribution is -2.27. The van der Waals surface area contributed by atoms with Crippen LogP contribution >= 0.6 is 11.8 Å². The molecule has 5 heteroatoms. The summed E-state index contributed by atoms with van der Waals surface area (Å²) in [7, 11) is 1.87. The third kappa shape index (κ3) is 5.96. The van der Waals surface area contributed by atoms with Crippen LogP contribution in [0, 0.1) is 5.92 Å². The van der Waals surface area contributed by atoms with E-state index in [9.17, 15) is 4.79 Å². The van der Waals surface area contributed by atoms with E-state index >= 15 is 0 Å². The third-order valence-electron chi connectivity index (χ3n) is 4.53. The predicted octanol–water partition coefficient (Wildman–Crippen LogP) is 4.26. The summed E-state index contributed by atoms with van der Waals surface area (Å²) in [6.45, 7) is 4.88. The van der Waals surface area contributed by atoms with Gasteiger partial charge in [0, 0.05) is 19.6 Å².